The molecule has 0 amide bonds. The first-order valence-corrected chi connectivity index (χ1v) is 6.31. The number of fused-ring (bicyclic) bond motifs is 1. The fourth-order valence-electron chi connectivity index (χ4n) is 2.22. The van der Waals surface area contributed by atoms with Gasteiger partial charge in [0, 0.05) is 6.42 Å². The molecule has 1 N–H and O–H groups in total. The number of rotatable bonds is 4. The van der Waals surface area contributed by atoms with E-state index >= 15 is 0 Å². The first-order valence-electron chi connectivity index (χ1n) is 6.31. The van der Waals surface area contributed by atoms with Crippen molar-refractivity contribution in [2.45, 2.75) is 38.1 Å². The molecule has 0 radical (unpaired) electrons. The van der Waals surface area contributed by atoms with Crippen LogP contribution >= 0.6 is 0 Å². The van der Waals surface area contributed by atoms with Crippen LogP contribution in [0.15, 0.2) is 18.2 Å². The zero-order chi connectivity index (χ0) is 15.0. The summed E-state index contributed by atoms with van der Waals surface area (Å²) in [5, 5.41) is 9.85. The standard InChI is InChI=1S/C14H17F3O3/c1-13(2)6-10-5-9(3-4-12(10)20-13)11(18)7-19-8-14(15,16)17/h3-5,11,18H,6-8H2,1-2H3. The number of benzene rings is 1. The lowest BCUT2D eigenvalue weighted by Gasteiger charge is -2.16. The predicted octanol–water partition coefficient (Wildman–Crippen LogP) is 3.01. The minimum absolute atomic E-state index is 0.293. The van der Waals surface area contributed by atoms with E-state index in [-0.39, 0.29) is 12.2 Å². The van der Waals surface area contributed by atoms with E-state index in [9.17, 15) is 18.3 Å². The molecule has 0 bridgehead atoms. The molecule has 112 valence electrons. The van der Waals surface area contributed by atoms with Gasteiger partial charge >= 0.3 is 6.18 Å². The Morgan fingerprint density at radius 3 is 2.75 bits per heavy atom. The maximum Gasteiger partial charge on any atom is 0.411 e. The summed E-state index contributed by atoms with van der Waals surface area (Å²) in [6.07, 6.45) is -4.76. The number of aliphatic hydroxyl groups is 1. The van der Waals surface area contributed by atoms with Crippen LogP contribution in [0.2, 0.25) is 0 Å². The van der Waals surface area contributed by atoms with Crippen molar-refractivity contribution in [1.82, 2.24) is 0 Å². The molecule has 0 saturated heterocycles. The van der Waals surface area contributed by atoms with Crippen LogP contribution in [0, 0.1) is 0 Å². The van der Waals surface area contributed by atoms with Crippen LogP contribution in [0.3, 0.4) is 0 Å². The third kappa shape index (κ3) is 3.86. The van der Waals surface area contributed by atoms with Crippen molar-refractivity contribution in [3.05, 3.63) is 29.3 Å². The van der Waals surface area contributed by atoms with Gasteiger partial charge < -0.3 is 14.6 Å². The molecule has 0 saturated carbocycles. The summed E-state index contributed by atoms with van der Waals surface area (Å²) in [4.78, 5) is 0. The van der Waals surface area contributed by atoms with Gasteiger partial charge in [-0.2, -0.15) is 13.2 Å². The van der Waals surface area contributed by atoms with Crippen molar-refractivity contribution >= 4 is 0 Å². The molecule has 3 nitrogen and oxygen atoms in total. The highest BCUT2D eigenvalue weighted by Gasteiger charge is 2.31. The molecule has 0 fully saturated rings. The van der Waals surface area contributed by atoms with Crippen LogP contribution in [0.25, 0.3) is 0 Å². The molecule has 20 heavy (non-hydrogen) atoms. The van der Waals surface area contributed by atoms with Crippen LogP contribution in [-0.2, 0) is 11.2 Å². The smallest absolute Gasteiger partial charge is 0.411 e. The van der Waals surface area contributed by atoms with E-state index in [0.717, 1.165) is 11.3 Å². The largest absolute Gasteiger partial charge is 0.487 e. The lowest BCUT2D eigenvalue weighted by Crippen LogP contribution is -2.24. The number of hydrogen-bond acceptors (Lipinski definition) is 3. The Kier molecular flexibility index (Phi) is 3.97. The van der Waals surface area contributed by atoms with Gasteiger partial charge in [-0.25, -0.2) is 0 Å². The first kappa shape index (κ1) is 15.1. The van der Waals surface area contributed by atoms with Crippen molar-refractivity contribution in [3.63, 3.8) is 0 Å². The summed E-state index contributed by atoms with van der Waals surface area (Å²) in [6, 6.07) is 5.12. The zero-order valence-electron chi connectivity index (χ0n) is 11.3. The summed E-state index contributed by atoms with van der Waals surface area (Å²) in [7, 11) is 0. The first-order chi connectivity index (χ1) is 9.16. The van der Waals surface area contributed by atoms with Crippen LogP contribution < -0.4 is 4.74 Å². The highest BCUT2D eigenvalue weighted by Crippen LogP contribution is 2.36. The minimum Gasteiger partial charge on any atom is -0.487 e. The fraction of sp³-hybridized carbons (Fsp3) is 0.571. The number of aliphatic hydroxyl groups excluding tert-OH is 1. The average molecular weight is 290 g/mol. The molecule has 6 heteroatoms. The van der Waals surface area contributed by atoms with Gasteiger partial charge in [0.25, 0.3) is 0 Å². The van der Waals surface area contributed by atoms with Gasteiger partial charge in [0.2, 0.25) is 0 Å². The van der Waals surface area contributed by atoms with E-state index in [2.05, 4.69) is 4.74 Å². The Balaban J connectivity index is 1.97. The van der Waals surface area contributed by atoms with Crippen molar-refractivity contribution in [2.75, 3.05) is 13.2 Å². The highest BCUT2D eigenvalue weighted by atomic mass is 19.4. The lowest BCUT2D eigenvalue weighted by molar-refractivity contribution is -0.179. The molecule has 1 aliphatic rings. The van der Waals surface area contributed by atoms with Gasteiger partial charge in [-0.1, -0.05) is 6.07 Å². The molecular formula is C14H17F3O3. The number of ether oxygens (including phenoxy) is 2. The third-order valence-electron chi connectivity index (χ3n) is 3.01. The van der Waals surface area contributed by atoms with Crippen molar-refractivity contribution < 1.29 is 27.8 Å². The number of hydrogen-bond donors (Lipinski definition) is 1. The van der Waals surface area contributed by atoms with E-state index in [1.807, 2.05) is 13.8 Å². The maximum atomic E-state index is 12.0. The van der Waals surface area contributed by atoms with E-state index in [4.69, 9.17) is 4.74 Å². The molecule has 1 aromatic rings. The molecule has 0 spiro atoms. The van der Waals surface area contributed by atoms with Gasteiger partial charge in [0.05, 0.1) is 6.61 Å². The summed E-state index contributed by atoms with van der Waals surface area (Å²) < 4.78 is 46.0. The molecule has 1 unspecified atom stereocenters. The molecular weight excluding hydrogens is 273 g/mol. The normalized spacial score (nSPS) is 18.5. The second-order valence-electron chi connectivity index (χ2n) is 5.55. The van der Waals surface area contributed by atoms with Crippen molar-refractivity contribution in [1.29, 1.82) is 0 Å². The second kappa shape index (κ2) is 5.26. The topological polar surface area (TPSA) is 38.7 Å². The van der Waals surface area contributed by atoms with Crippen LogP contribution in [0.1, 0.15) is 31.1 Å². The maximum absolute atomic E-state index is 12.0. The molecule has 0 aromatic heterocycles. The summed E-state index contributed by atoms with van der Waals surface area (Å²) in [5.74, 6) is 0.752. The highest BCUT2D eigenvalue weighted by molar-refractivity contribution is 5.42. The predicted molar refractivity (Wildman–Crippen MR) is 66.7 cm³/mol. The fourth-order valence-corrected chi connectivity index (χ4v) is 2.22. The Morgan fingerprint density at radius 2 is 2.10 bits per heavy atom. The zero-order valence-corrected chi connectivity index (χ0v) is 11.3. The molecule has 2 rings (SSSR count). The lowest BCUT2D eigenvalue weighted by atomic mass is 9.99. The monoisotopic (exact) mass is 290 g/mol. The summed E-state index contributed by atoms with van der Waals surface area (Å²) >= 11 is 0. The molecule has 0 aliphatic carbocycles. The quantitative estimate of drug-likeness (QED) is 0.926. The van der Waals surface area contributed by atoms with Gasteiger partial charge in [-0.3, -0.25) is 0 Å². The SMILES string of the molecule is CC1(C)Cc2cc(C(O)COCC(F)(F)F)ccc2O1. The minimum atomic E-state index is -4.38. The average Bonchev–Trinajstić information content (AvgIpc) is 2.59. The van der Waals surface area contributed by atoms with Gasteiger partial charge in [-0.05, 0) is 37.1 Å². The van der Waals surface area contributed by atoms with E-state index in [0.29, 0.717) is 12.0 Å². The van der Waals surface area contributed by atoms with Crippen molar-refractivity contribution in [3.8, 4) is 5.75 Å². The van der Waals surface area contributed by atoms with Crippen LogP contribution in [-0.4, -0.2) is 30.1 Å². The summed E-state index contributed by atoms with van der Waals surface area (Å²) in [5.41, 5.74) is 1.19. The van der Waals surface area contributed by atoms with Crippen molar-refractivity contribution in [2.24, 2.45) is 0 Å². The second-order valence-corrected chi connectivity index (χ2v) is 5.55. The van der Waals surface area contributed by atoms with Crippen LogP contribution in [0.4, 0.5) is 13.2 Å². The molecule has 1 aliphatic heterocycles. The van der Waals surface area contributed by atoms with E-state index in [1.165, 1.54) is 0 Å². The van der Waals surface area contributed by atoms with E-state index in [1.54, 1.807) is 18.2 Å². The molecule has 1 atom stereocenters. The Labute approximate surface area is 115 Å². The Hall–Kier alpha value is -1.27. The van der Waals surface area contributed by atoms with Crippen LogP contribution in [0.5, 0.6) is 5.75 Å². The summed E-state index contributed by atoms with van der Waals surface area (Å²) in [6.45, 7) is 2.17. The number of alkyl halides is 3. The van der Waals surface area contributed by atoms with Gasteiger partial charge in [0.15, 0.2) is 0 Å². The third-order valence-corrected chi connectivity index (χ3v) is 3.01. The molecule has 1 heterocycles. The Morgan fingerprint density at radius 1 is 1.40 bits per heavy atom. The Bertz CT molecular complexity index is 483. The van der Waals surface area contributed by atoms with Gasteiger partial charge in [-0.15, -0.1) is 0 Å². The van der Waals surface area contributed by atoms with E-state index < -0.39 is 18.9 Å². The molecule has 1 aromatic carbocycles. The van der Waals surface area contributed by atoms with Gasteiger partial charge in [0.1, 0.15) is 24.1 Å². The number of halogens is 3.